The lowest BCUT2D eigenvalue weighted by Gasteiger charge is -2.30. The molecule has 1 fully saturated rings. The predicted octanol–water partition coefficient (Wildman–Crippen LogP) is 5.32. The van der Waals surface area contributed by atoms with E-state index in [0.717, 1.165) is 12.8 Å². The van der Waals surface area contributed by atoms with Gasteiger partial charge in [-0.15, -0.1) is 0 Å². The zero-order valence-electron chi connectivity index (χ0n) is 17.0. The molecule has 31 heavy (non-hydrogen) atoms. The van der Waals surface area contributed by atoms with E-state index in [1.807, 2.05) is 0 Å². The first kappa shape index (κ1) is 21.2. The number of hydrogen-bond acceptors (Lipinski definition) is 3. The van der Waals surface area contributed by atoms with Gasteiger partial charge in [0.2, 0.25) is 5.91 Å². The molecule has 7 heteroatoms. The maximum Gasteiger partial charge on any atom is 0.220 e. The summed E-state index contributed by atoms with van der Waals surface area (Å²) >= 11 is 0. The van der Waals surface area contributed by atoms with Gasteiger partial charge in [0.05, 0.1) is 11.8 Å². The van der Waals surface area contributed by atoms with Gasteiger partial charge >= 0.3 is 0 Å². The Morgan fingerprint density at radius 1 is 1.00 bits per heavy atom. The summed E-state index contributed by atoms with van der Waals surface area (Å²) in [5.41, 5.74) is -0.359. The highest BCUT2D eigenvalue weighted by molar-refractivity contribution is 5.76. The number of halogens is 3. The van der Waals surface area contributed by atoms with E-state index < -0.39 is 22.9 Å². The van der Waals surface area contributed by atoms with Gasteiger partial charge in [-0.1, -0.05) is 31.0 Å². The molecular formula is C24H23F3N2O2. The van der Waals surface area contributed by atoms with Crippen LogP contribution in [-0.4, -0.2) is 17.4 Å². The Morgan fingerprint density at radius 3 is 2.39 bits per heavy atom. The summed E-state index contributed by atoms with van der Waals surface area (Å²) in [5, 5.41) is 2.83. The minimum atomic E-state index is -0.730. The number of benzene rings is 2. The van der Waals surface area contributed by atoms with Crippen LogP contribution in [0.15, 0.2) is 53.1 Å². The van der Waals surface area contributed by atoms with Gasteiger partial charge in [0, 0.05) is 30.4 Å². The summed E-state index contributed by atoms with van der Waals surface area (Å²) in [6.07, 6.45) is 4.74. The minimum absolute atomic E-state index is 0.0648. The van der Waals surface area contributed by atoms with Crippen molar-refractivity contribution in [2.75, 3.05) is 6.54 Å². The number of oxazole rings is 1. The molecule has 4 rings (SSSR count). The third-order valence-electron chi connectivity index (χ3n) is 5.94. The topological polar surface area (TPSA) is 55.1 Å². The van der Waals surface area contributed by atoms with Crippen LogP contribution in [0.4, 0.5) is 13.2 Å². The molecule has 0 radical (unpaired) electrons. The second-order valence-corrected chi connectivity index (χ2v) is 7.96. The van der Waals surface area contributed by atoms with E-state index in [9.17, 15) is 18.0 Å². The zero-order valence-corrected chi connectivity index (χ0v) is 17.0. The molecule has 1 amide bonds. The summed E-state index contributed by atoms with van der Waals surface area (Å²) < 4.78 is 48.3. The third-order valence-corrected chi connectivity index (χ3v) is 5.94. The van der Waals surface area contributed by atoms with Crippen LogP contribution < -0.4 is 5.32 Å². The Hall–Kier alpha value is -3.09. The first-order chi connectivity index (χ1) is 15.0. The Labute approximate surface area is 178 Å². The van der Waals surface area contributed by atoms with E-state index in [2.05, 4.69) is 10.3 Å². The molecule has 0 bridgehead atoms. The fraction of sp³-hybridized carbons (Fsp3) is 0.333. The lowest BCUT2D eigenvalue weighted by Crippen LogP contribution is -2.40. The monoisotopic (exact) mass is 428 g/mol. The largest absolute Gasteiger partial charge is 0.441 e. The molecule has 2 aromatic carbocycles. The second kappa shape index (κ2) is 8.96. The summed E-state index contributed by atoms with van der Waals surface area (Å²) in [5.74, 6) is -1.19. The SMILES string of the molecule is O=C(CCc1ncc(-c2ccccc2F)o1)NCC1(c2c(F)cccc2F)CCCC1. The third kappa shape index (κ3) is 4.50. The van der Waals surface area contributed by atoms with Crippen molar-refractivity contribution in [1.29, 1.82) is 0 Å². The van der Waals surface area contributed by atoms with Crippen molar-refractivity contribution in [3.8, 4) is 11.3 Å². The Morgan fingerprint density at radius 2 is 1.68 bits per heavy atom. The lowest BCUT2D eigenvalue weighted by atomic mass is 9.78. The maximum atomic E-state index is 14.4. The summed E-state index contributed by atoms with van der Waals surface area (Å²) in [7, 11) is 0. The molecule has 1 aliphatic carbocycles. The van der Waals surface area contributed by atoms with Gasteiger partial charge in [-0.25, -0.2) is 18.2 Å². The standard InChI is InChI=1S/C24H23F3N2O2/c25-17-7-2-1-6-16(17)20-14-28-22(31-20)11-10-21(30)29-15-24(12-3-4-13-24)23-18(26)8-5-9-19(23)27/h1-2,5-9,14H,3-4,10-13,15H2,(H,29,30). The van der Waals surface area contributed by atoms with Crippen LogP contribution >= 0.6 is 0 Å². The van der Waals surface area contributed by atoms with Gasteiger partial charge < -0.3 is 9.73 Å². The number of carbonyl (C=O) groups excluding carboxylic acids is 1. The maximum absolute atomic E-state index is 14.4. The Bertz CT molecular complexity index is 1050. The van der Waals surface area contributed by atoms with Gasteiger partial charge in [-0.2, -0.15) is 0 Å². The molecule has 162 valence electrons. The number of nitrogens with one attached hydrogen (secondary N) is 1. The number of rotatable bonds is 7. The normalized spacial score (nSPS) is 15.2. The number of hydrogen-bond donors (Lipinski definition) is 1. The average Bonchev–Trinajstić information content (AvgIpc) is 3.41. The van der Waals surface area contributed by atoms with Crippen molar-refractivity contribution in [2.24, 2.45) is 0 Å². The molecule has 0 saturated heterocycles. The average molecular weight is 428 g/mol. The molecule has 0 atom stereocenters. The molecule has 1 heterocycles. The summed E-state index contributed by atoms with van der Waals surface area (Å²) in [6.45, 7) is 0.176. The van der Waals surface area contributed by atoms with Crippen molar-refractivity contribution in [2.45, 2.75) is 43.9 Å². The van der Waals surface area contributed by atoms with Gasteiger partial charge in [-0.05, 0) is 37.1 Å². The van der Waals surface area contributed by atoms with Gasteiger partial charge in [0.1, 0.15) is 17.5 Å². The van der Waals surface area contributed by atoms with E-state index in [1.165, 1.54) is 30.5 Å². The van der Waals surface area contributed by atoms with Gasteiger partial charge in [0.15, 0.2) is 11.7 Å². The molecule has 1 saturated carbocycles. The number of aryl methyl sites for hydroxylation is 1. The van der Waals surface area contributed by atoms with Crippen LogP contribution in [0.5, 0.6) is 0 Å². The first-order valence-corrected chi connectivity index (χ1v) is 10.4. The van der Waals surface area contributed by atoms with Crippen molar-refractivity contribution >= 4 is 5.91 Å². The van der Waals surface area contributed by atoms with E-state index in [-0.39, 0.29) is 30.9 Å². The van der Waals surface area contributed by atoms with Crippen LogP contribution in [0.25, 0.3) is 11.3 Å². The number of carbonyl (C=O) groups is 1. The second-order valence-electron chi connectivity index (χ2n) is 7.96. The van der Waals surface area contributed by atoms with Crippen molar-refractivity contribution < 1.29 is 22.4 Å². The molecule has 1 aromatic heterocycles. The van der Waals surface area contributed by atoms with Crippen LogP contribution in [-0.2, 0) is 16.6 Å². The summed E-state index contributed by atoms with van der Waals surface area (Å²) in [6, 6.07) is 10.1. The van der Waals surface area contributed by atoms with Crippen LogP contribution in [0, 0.1) is 17.5 Å². The van der Waals surface area contributed by atoms with Gasteiger partial charge in [0.25, 0.3) is 0 Å². The smallest absolute Gasteiger partial charge is 0.220 e. The highest BCUT2D eigenvalue weighted by atomic mass is 19.1. The van der Waals surface area contributed by atoms with E-state index in [1.54, 1.807) is 18.2 Å². The lowest BCUT2D eigenvalue weighted by molar-refractivity contribution is -0.121. The van der Waals surface area contributed by atoms with Crippen LogP contribution in [0.2, 0.25) is 0 Å². The molecule has 4 nitrogen and oxygen atoms in total. The quantitative estimate of drug-likeness (QED) is 0.554. The summed E-state index contributed by atoms with van der Waals surface area (Å²) in [4.78, 5) is 16.5. The highest BCUT2D eigenvalue weighted by Gasteiger charge is 2.40. The molecule has 1 N–H and O–H groups in total. The first-order valence-electron chi connectivity index (χ1n) is 10.4. The predicted molar refractivity (Wildman–Crippen MR) is 110 cm³/mol. The van der Waals surface area contributed by atoms with Crippen molar-refractivity contribution in [3.05, 3.63) is 77.6 Å². The van der Waals surface area contributed by atoms with Gasteiger partial charge in [-0.3, -0.25) is 4.79 Å². The molecule has 1 aliphatic rings. The highest BCUT2D eigenvalue weighted by Crippen LogP contribution is 2.42. The van der Waals surface area contributed by atoms with Crippen molar-refractivity contribution in [3.63, 3.8) is 0 Å². The molecule has 3 aromatic rings. The van der Waals surface area contributed by atoms with E-state index in [4.69, 9.17) is 4.42 Å². The minimum Gasteiger partial charge on any atom is -0.441 e. The van der Waals surface area contributed by atoms with E-state index in [0.29, 0.717) is 30.1 Å². The van der Waals surface area contributed by atoms with Crippen LogP contribution in [0.3, 0.4) is 0 Å². The fourth-order valence-corrected chi connectivity index (χ4v) is 4.36. The molecule has 0 spiro atoms. The number of nitrogens with zero attached hydrogens (tertiary/aromatic N) is 1. The molecule has 0 aliphatic heterocycles. The molecular weight excluding hydrogens is 405 g/mol. The number of amides is 1. The van der Waals surface area contributed by atoms with Crippen LogP contribution in [0.1, 0.15) is 43.6 Å². The number of aromatic nitrogens is 1. The molecule has 0 unspecified atom stereocenters. The Balaban J connectivity index is 1.38. The zero-order chi connectivity index (χ0) is 21.8. The van der Waals surface area contributed by atoms with E-state index >= 15 is 0 Å². The van der Waals surface area contributed by atoms with Crippen molar-refractivity contribution in [1.82, 2.24) is 10.3 Å². The Kier molecular flexibility index (Phi) is 6.11. The fourth-order valence-electron chi connectivity index (χ4n) is 4.36.